The van der Waals surface area contributed by atoms with Gasteiger partial charge in [0, 0.05) is 0 Å². The highest BCUT2D eigenvalue weighted by Gasteiger charge is 2.24. The number of aliphatic carboxylic acids is 1. The molecule has 0 amide bonds. The summed E-state index contributed by atoms with van der Waals surface area (Å²) < 4.78 is 4.88. The van der Waals surface area contributed by atoms with Gasteiger partial charge in [-0.2, -0.15) is 0 Å². The monoisotopic (exact) mass is 253 g/mol. The Morgan fingerprint density at radius 3 is 2.44 bits per heavy atom. The molecule has 0 radical (unpaired) electrons. The van der Waals surface area contributed by atoms with Crippen molar-refractivity contribution in [3.8, 4) is 0 Å². The normalized spacial score (nSPS) is 13.7. The second-order valence-electron chi connectivity index (χ2n) is 3.78. The number of carbonyl (C=O) groups is 2. The van der Waals surface area contributed by atoms with Gasteiger partial charge in [-0.1, -0.05) is 30.3 Å². The molecule has 6 nitrogen and oxygen atoms in total. The van der Waals surface area contributed by atoms with Crippen LogP contribution in [-0.4, -0.2) is 34.3 Å². The van der Waals surface area contributed by atoms with Crippen LogP contribution in [0.15, 0.2) is 30.3 Å². The van der Waals surface area contributed by atoms with Gasteiger partial charge in [0.1, 0.15) is 12.6 Å². The summed E-state index contributed by atoms with van der Waals surface area (Å²) in [4.78, 5) is 21.8. The molecule has 2 atom stereocenters. The van der Waals surface area contributed by atoms with Gasteiger partial charge in [-0.15, -0.1) is 0 Å². The van der Waals surface area contributed by atoms with Crippen molar-refractivity contribution in [1.29, 1.82) is 0 Å². The first kappa shape index (κ1) is 14.1. The van der Waals surface area contributed by atoms with Crippen molar-refractivity contribution >= 4 is 11.9 Å². The third kappa shape index (κ3) is 4.52. The Balaban J connectivity index is 2.36. The SMILES string of the molecule is NC(C(=O)O)C(O)CC(=O)OCc1ccccc1. The lowest BCUT2D eigenvalue weighted by Crippen LogP contribution is -2.43. The minimum atomic E-state index is -1.49. The highest BCUT2D eigenvalue weighted by atomic mass is 16.5. The summed E-state index contributed by atoms with van der Waals surface area (Å²) in [6.45, 7) is 0.0781. The number of ether oxygens (including phenoxy) is 1. The molecule has 0 aliphatic carbocycles. The zero-order chi connectivity index (χ0) is 13.5. The van der Waals surface area contributed by atoms with E-state index < -0.39 is 30.5 Å². The first-order valence-electron chi connectivity index (χ1n) is 5.36. The highest BCUT2D eigenvalue weighted by molar-refractivity contribution is 5.76. The smallest absolute Gasteiger partial charge is 0.323 e. The zero-order valence-electron chi connectivity index (χ0n) is 9.65. The van der Waals surface area contributed by atoms with Crippen molar-refractivity contribution in [2.75, 3.05) is 0 Å². The summed E-state index contributed by atoms with van der Waals surface area (Å²) in [6.07, 6.45) is -1.90. The van der Waals surface area contributed by atoms with Crippen molar-refractivity contribution < 1.29 is 24.5 Å². The van der Waals surface area contributed by atoms with E-state index in [2.05, 4.69) is 0 Å². The van der Waals surface area contributed by atoms with Crippen LogP contribution in [0.25, 0.3) is 0 Å². The third-order valence-electron chi connectivity index (χ3n) is 2.32. The Labute approximate surface area is 104 Å². The van der Waals surface area contributed by atoms with Gasteiger partial charge in [-0.3, -0.25) is 9.59 Å². The predicted molar refractivity (Wildman–Crippen MR) is 62.5 cm³/mol. The number of nitrogens with two attached hydrogens (primary N) is 1. The summed E-state index contributed by atoms with van der Waals surface area (Å²) in [5.74, 6) is -2.05. The minimum Gasteiger partial charge on any atom is -0.480 e. The van der Waals surface area contributed by atoms with Crippen LogP contribution in [0.5, 0.6) is 0 Å². The first-order valence-corrected chi connectivity index (χ1v) is 5.36. The van der Waals surface area contributed by atoms with Gasteiger partial charge in [0.25, 0.3) is 0 Å². The Morgan fingerprint density at radius 1 is 1.28 bits per heavy atom. The van der Waals surface area contributed by atoms with E-state index in [1.54, 1.807) is 24.3 Å². The molecule has 0 heterocycles. The maximum absolute atomic E-state index is 11.3. The number of aliphatic hydroxyl groups excluding tert-OH is 1. The number of aliphatic hydroxyl groups is 1. The Morgan fingerprint density at radius 2 is 1.89 bits per heavy atom. The topological polar surface area (TPSA) is 110 Å². The van der Waals surface area contributed by atoms with E-state index in [1.807, 2.05) is 6.07 Å². The van der Waals surface area contributed by atoms with E-state index in [1.165, 1.54) is 0 Å². The first-order chi connectivity index (χ1) is 8.50. The number of carboxylic acid groups (broad SMARTS) is 1. The fourth-order valence-electron chi connectivity index (χ4n) is 1.26. The van der Waals surface area contributed by atoms with E-state index >= 15 is 0 Å². The molecule has 98 valence electrons. The van der Waals surface area contributed by atoms with Crippen molar-refractivity contribution in [3.05, 3.63) is 35.9 Å². The number of rotatable bonds is 6. The minimum absolute atomic E-state index is 0.0781. The predicted octanol–water partition coefficient (Wildman–Crippen LogP) is -0.107. The molecule has 6 heteroatoms. The average molecular weight is 253 g/mol. The Hall–Kier alpha value is -1.92. The van der Waals surface area contributed by atoms with Gasteiger partial charge in [0.2, 0.25) is 0 Å². The standard InChI is InChI=1S/C12H15NO5/c13-11(12(16)17)9(14)6-10(15)18-7-8-4-2-1-3-5-8/h1-5,9,11,14H,6-7,13H2,(H,16,17). The van der Waals surface area contributed by atoms with E-state index in [4.69, 9.17) is 15.6 Å². The fourth-order valence-corrected chi connectivity index (χ4v) is 1.26. The molecule has 18 heavy (non-hydrogen) atoms. The van der Waals surface area contributed by atoms with E-state index in [9.17, 15) is 14.7 Å². The van der Waals surface area contributed by atoms with Crippen LogP contribution in [0.4, 0.5) is 0 Å². The Kier molecular flexibility index (Phi) is 5.29. The number of carbonyl (C=O) groups excluding carboxylic acids is 1. The molecule has 0 spiro atoms. The fraction of sp³-hybridized carbons (Fsp3) is 0.333. The van der Waals surface area contributed by atoms with E-state index in [0.29, 0.717) is 0 Å². The highest BCUT2D eigenvalue weighted by Crippen LogP contribution is 2.04. The van der Waals surface area contributed by atoms with Crippen LogP contribution in [0.2, 0.25) is 0 Å². The van der Waals surface area contributed by atoms with Crippen molar-refractivity contribution in [1.82, 2.24) is 0 Å². The van der Waals surface area contributed by atoms with Crippen LogP contribution in [0.3, 0.4) is 0 Å². The molecule has 0 aromatic heterocycles. The maximum atomic E-state index is 11.3. The van der Waals surface area contributed by atoms with Gasteiger partial charge in [-0.05, 0) is 5.56 Å². The lowest BCUT2D eigenvalue weighted by Gasteiger charge is -2.13. The van der Waals surface area contributed by atoms with E-state index in [-0.39, 0.29) is 6.61 Å². The number of carboxylic acids is 1. The summed E-state index contributed by atoms with van der Waals surface area (Å²) >= 11 is 0. The van der Waals surface area contributed by atoms with Crippen molar-refractivity contribution in [2.24, 2.45) is 5.73 Å². The Bertz CT molecular complexity index is 406. The van der Waals surface area contributed by atoms with Crippen LogP contribution < -0.4 is 5.73 Å². The van der Waals surface area contributed by atoms with Gasteiger partial charge >= 0.3 is 11.9 Å². The molecule has 0 saturated carbocycles. The summed E-state index contributed by atoms with van der Waals surface area (Å²) in [5, 5.41) is 17.9. The molecular weight excluding hydrogens is 238 g/mol. The largest absolute Gasteiger partial charge is 0.480 e. The van der Waals surface area contributed by atoms with Crippen LogP contribution in [-0.2, 0) is 20.9 Å². The van der Waals surface area contributed by atoms with Crippen LogP contribution in [0, 0.1) is 0 Å². The van der Waals surface area contributed by atoms with Crippen LogP contribution in [0.1, 0.15) is 12.0 Å². The molecule has 1 aromatic rings. The molecule has 2 unspecified atom stereocenters. The summed E-state index contributed by atoms with van der Waals surface area (Å²) in [6, 6.07) is 7.52. The number of hydrogen-bond donors (Lipinski definition) is 3. The molecule has 0 aliphatic heterocycles. The van der Waals surface area contributed by atoms with Crippen LogP contribution >= 0.6 is 0 Å². The van der Waals surface area contributed by atoms with Crippen molar-refractivity contribution in [3.63, 3.8) is 0 Å². The molecular formula is C12H15NO5. The molecule has 0 fully saturated rings. The maximum Gasteiger partial charge on any atom is 0.323 e. The summed E-state index contributed by atoms with van der Waals surface area (Å²) in [7, 11) is 0. The van der Waals surface area contributed by atoms with Gasteiger partial charge in [0.15, 0.2) is 0 Å². The van der Waals surface area contributed by atoms with Gasteiger partial charge < -0.3 is 20.7 Å². The lowest BCUT2D eigenvalue weighted by atomic mass is 10.1. The van der Waals surface area contributed by atoms with Gasteiger partial charge in [-0.25, -0.2) is 0 Å². The molecule has 0 saturated heterocycles. The average Bonchev–Trinajstić information content (AvgIpc) is 2.36. The number of benzene rings is 1. The third-order valence-corrected chi connectivity index (χ3v) is 2.32. The molecule has 1 aromatic carbocycles. The quantitative estimate of drug-likeness (QED) is 0.610. The van der Waals surface area contributed by atoms with E-state index in [0.717, 1.165) is 5.56 Å². The molecule has 0 bridgehead atoms. The molecule has 4 N–H and O–H groups in total. The second kappa shape index (κ2) is 6.73. The van der Waals surface area contributed by atoms with Gasteiger partial charge in [0.05, 0.1) is 12.5 Å². The molecule has 1 rings (SSSR count). The second-order valence-corrected chi connectivity index (χ2v) is 3.78. The number of esters is 1. The zero-order valence-corrected chi connectivity index (χ0v) is 9.65. The van der Waals surface area contributed by atoms with Crippen molar-refractivity contribution in [2.45, 2.75) is 25.2 Å². The molecule has 0 aliphatic rings. The lowest BCUT2D eigenvalue weighted by molar-refractivity contribution is -0.149. The number of hydrogen-bond acceptors (Lipinski definition) is 5. The summed E-state index contributed by atoms with van der Waals surface area (Å²) in [5.41, 5.74) is 5.97.